The molecule has 2 aromatic carbocycles. The lowest BCUT2D eigenvalue weighted by Crippen LogP contribution is -2.24. The summed E-state index contributed by atoms with van der Waals surface area (Å²) in [6.45, 7) is 10.3. The smallest absolute Gasteiger partial charge is 0.237 e. The fourth-order valence-electron chi connectivity index (χ4n) is 2.94. The number of H-pyrrole nitrogens is 1. The summed E-state index contributed by atoms with van der Waals surface area (Å²) in [5.41, 5.74) is 6.29. The molecule has 1 heterocycles. The number of fused-ring (bicyclic) bond motifs is 1. The molecule has 0 spiro atoms. The maximum atomic E-state index is 12.7. The third kappa shape index (κ3) is 3.93. The summed E-state index contributed by atoms with van der Waals surface area (Å²) in [4.78, 5) is 20.6. The number of rotatable bonds is 5. The molecule has 3 aromatic rings. The van der Waals surface area contributed by atoms with Crippen LogP contribution >= 0.6 is 11.8 Å². The largest absolute Gasteiger partial charge is 0.333 e. The van der Waals surface area contributed by atoms with E-state index in [0.717, 1.165) is 33.0 Å². The van der Waals surface area contributed by atoms with Gasteiger partial charge in [0, 0.05) is 5.69 Å². The van der Waals surface area contributed by atoms with Crippen molar-refractivity contribution in [1.29, 1.82) is 0 Å². The van der Waals surface area contributed by atoms with E-state index in [1.54, 1.807) is 0 Å². The molecule has 0 aliphatic heterocycles. The Morgan fingerprint density at radius 2 is 1.92 bits per heavy atom. The first-order chi connectivity index (χ1) is 12.3. The Bertz CT molecular complexity index is 946. The number of aromatic nitrogens is 2. The van der Waals surface area contributed by atoms with E-state index in [4.69, 9.17) is 0 Å². The molecule has 3 rings (SSSR count). The summed E-state index contributed by atoms with van der Waals surface area (Å²) in [5, 5.41) is 3.63. The number of para-hydroxylation sites is 1. The van der Waals surface area contributed by atoms with Gasteiger partial charge in [-0.15, -0.1) is 0 Å². The molecule has 0 aliphatic rings. The molecule has 0 saturated carbocycles. The molecule has 0 bridgehead atoms. The van der Waals surface area contributed by atoms with Crippen LogP contribution in [0.25, 0.3) is 11.0 Å². The van der Waals surface area contributed by atoms with Gasteiger partial charge >= 0.3 is 0 Å². The third-order valence-electron chi connectivity index (χ3n) is 4.45. The van der Waals surface area contributed by atoms with Crippen molar-refractivity contribution in [1.82, 2.24) is 9.97 Å². The number of carbonyl (C=O) groups is 1. The van der Waals surface area contributed by atoms with Crippen LogP contribution in [0.5, 0.6) is 0 Å². The van der Waals surface area contributed by atoms with Gasteiger partial charge in [0.05, 0.1) is 16.3 Å². The van der Waals surface area contributed by atoms with E-state index in [0.29, 0.717) is 5.92 Å². The van der Waals surface area contributed by atoms with E-state index >= 15 is 0 Å². The summed E-state index contributed by atoms with van der Waals surface area (Å²) in [6, 6.07) is 12.2. The van der Waals surface area contributed by atoms with Crippen molar-refractivity contribution in [2.75, 3.05) is 5.32 Å². The zero-order valence-corrected chi connectivity index (χ0v) is 16.7. The molecule has 2 N–H and O–H groups in total. The van der Waals surface area contributed by atoms with E-state index in [2.05, 4.69) is 48.2 Å². The number of aromatic amines is 1. The topological polar surface area (TPSA) is 57.8 Å². The van der Waals surface area contributed by atoms with Crippen molar-refractivity contribution >= 4 is 34.4 Å². The van der Waals surface area contributed by atoms with E-state index in [1.807, 2.05) is 38.1 Å². The Kier molecular flexibility index (Phi) is 5.37. The Morgan fingerprint density at radius 3 is 2.65 bits per heavy atom. The molecule has 0 aliphatic carbocycles. The highest BCUT2D eigenvalue weighted by Gasteiger charge is 2.19. The second-order valence-corrected chi connectivity index (χ2v) is 8.34. The minimum atomic E-state index is -0.253. The second kappa shape index (κ2) is 7.54. The molecule has 1 amide bonds. The number of aryl methyl sites for hydroxylation is 2. The molecule has 5 heteroatoms. The highest BCUT2D eigenvalue weighted by molar-refractivity contribution is 8.00. The third-order valence-corrected chi connectivity index (χ3v) is 5.43. The van der Waals surface area contributed by atoms with Gasteiger partial charge in [0.1, 0.15) is 0 Å². The quantitative estimate of drug-likeness (QED) is 0.592. The Morgan fingerprint density at radius 1 is 1.15 bits per heavy atom. The van der Waals surface area contributed by atoms with Crippen LogP contribution in [0.1, 0.15) is 43.4 Å². The minimum absolute atomic E-state index is 0.0113. The first-order valence-corrected chi connectivity index (χ1v) is 9.76. The van der Waals surface area contributed by atoms with Gasteiger partial charge in [0.2, 0.25) is 5.91 Å². The van der Waals surface area contributed by atoms with Gasteiger partial charge in [0.15, 0.2) is 5.16 Å². The maximum absolute atomic E-state index is 12.7. The number of benzene rings is 2. The number of amides is 1. The molecule has 0 radical (unpaired) electrons. The molecular formula is C21H25N3OS. The van der Waals surface area contributed by atoms with E-state index in [1.165, 1.54) is 17.3 Å². The molecular weight excluding hydrogens is 342 g/mol. The van der Waals surface area contributed by atoms with Crippen LogP contribution in [0.3, 0.4) is 0 Å². The number of hydrogen-bond donors (Lipinski definition) is 2. The van der Waals surface area contributed by atoms with Crippen molar-refractivity contribution in [2.24, 2.45) is 0 Å². The van der Waals surface area contributed by atoms with Crippen molar-refractivity contribution in [3.8, 4) is 0 Å². The second-order valence-electron chi connectivity index (χ2n) is 7.01. The maximum Gasteiger partial charge on any atom is 0.237 e. The van der Waals surface area contributed by atoms with Crippen LogP contribution in [-0.4, -0.2) is 21.1 Å². The summed E-state index contributed by atoms with van der Waals surface area (Å²) in [6.07, 6.45) is 0. The van der Waals surface area contributed by atoms with Crippen molar-refractivity contribution in [3.05, 3.63) is 53.1 Å². The lowest BCUT2D eigenvalue weighted by Gasteiger charge is -2.18. The molecule has 1 unspecified atom stereocenters. The number of imidazole rings is 1. The Balaban J connectivity index is 1.76. The minimum Gasteiger partial charge on any atom is -0.333 e. The molecule has 1 aromatic heterocycles. The average Bonchev–Trinajstić information content (AvgIpc) is 2.97. The van der Waals surface area contributed by atoms with Crippen molar-refractivity contribution in [3.63, 3.8) is 0 Å². The highest BCUT2D eigenvalue weighted by Crippen LogP contribution is 2.29. The zero-order chi connectivity index (χ0) is 18.8. The predicted molar refractivity (Wildman–Crippen MR) is 110 cm³/mol. The number of nitrogens with zero attached hydrogens (tertiary/aromatic N) is 1. The lowest BCUT2D eigenvalue weighted by atomic mass is 9.98. The lowest BCUT2D eigenvalue weighted by molar-refractivity contribution is -0.115. The van der Waals surface area contributed by atoms with Crippen LogP contribution in [0.2, 0.25) is 0 Å². The highest BCUT2D eigenvalue weighted by atomic mass is 32.2. The number of nitrogens with one attached hydrogen (secondary N) is 2. The molecule has 0 saturated heterocycles. The molecule has 26 heavy (non-hydrogen) atoms. The number of carbonyl (C=O) groups excluding carboxylic acids is 1. The average molecular weight is 368 g/mol. The van der Waals surface area contributed by atoms with Gasteiger partial charge in [-0.2, -0.15) is 0 Å². The number of anilines is 1. The normalized spacial score (nSPS) is 12.5. The zero-order valence-electron chi connectivity index (χ0n) is 15.9. The van der Waals surface area contributed by atoms with Crippen LogP contribution in [0.15, 0.2) is 41.6 Å². The first-order valence-electron chi connectivity index (χ1n) is 8.88. The van der Waals surface area contributed by atoms with E-state index in [9.17, 15) is 4.79 Å². The van der Waals surface area contributed by atoms with Crippen LogP contribution in [-0.2, 0) is 4.79 Å². The van der Waals surface area contributed by atoms with Gasteiger partial charge < -0.3 is 10.3 Å². The van der Waals surface area contributed by atoms with Gasteiger partial charge in [-0.25, -0.2) is 4.98 Å². The van der Waals surface area contributed by atoms with Gasteiger partial charge in [-0.1, -0.05) is 49.9 Å². The van der Waals surface area contributed by atoms with Crippen molar-refractivity contribution in [2.45, 2.75) is 50.9 Å². The molecule has 1 atom stereocenters. The van der Waals surface area contributed by atoms with Crippen LogP contribution in [0, 0.1) is 13.8 Å². The summed E-state index contributed by atoms with van der Waals surface area (Å²) in [5.74, 6) is 0.342. The van der Waals surface area contributed by atoms with Gasteiger partial charge in [-0.05, 0) is 55.5 Å². The summed E-state index contributed by atoms with van der Waals surface area (Å²) >= 11 is 1.44. The summed E-state index contributed by atoms with van der Waals surface area (Å²) < 4.78 is 0. The first kappa shape index (κ1) is 18.5. The van der Waals surface area contributed by atoms with Crippen molar-refractivity contribution < 1.29 is 4.79 Å². The molecule has 0 fully saturated rings. The standard InChI is InChI=1S/C21H25N3OS/c1-12(2)16-8-6-7-14(4)19(16)24-20(25)15(5)26-21-22-17-10-9-13(3)11-18(17)23-21/h6-12,15H,1-5H3,(H,22,23)(H,24,25). The SMILES string of the molecule is Cc1ccc2nc(SC(C)C(=O)Nc3c(C)cccc3C(C)C)[nH]c2c1. The molecule has 136 valence electrons. The Hall–Kier alpha value is -2.27. The monoisotopic (exact) mass is 367 g/mol. The number of hydrogen-bond acceptors (Lipinski definition) is 3. The fourth-order valence-corrected chi connectivity index (χ4v) is 3.76. The van der Waals surface area contributed by atoms with Gasteiger partial charge in [0.25, 0.3) is 0 Å². The van der Waals surface area contributed by atoms with E-state index < -0.39 is 0 Å². The predicted octanol–water partition coefficient (Wildman–Crippen LogP) is 5.42. The van der Waals surface area contributed by atoms with Crippen LogP contribution < -0.4 is 5.32 Å². The summed E-state index contributed by atoms with van der Waals surface area (Å²) in [7, 11) is 0. The fraction of sp³-hybridized carbons (Fsp3) is 0.333. The number of thioether (sulfide) groups is 1. The van der Waals surface area contributed by atoms with Crippen LogP contribution in [0.4, 0.5) is 5.69 Å². The van der Waals surface area contributed by atoms with Gasteiger partial charge in [-0.3, -0.25) is 4.79 Å². The van der Waals surface area contributed by atoms with E-state index in [-0.39, 0.29) is 11.2 Å². The Labute approximate surface area is 158 Å². The molecule has 4 nitrogen and oxygen atoms in total.